The molecule has 1 aliphatic rings. The lowest BCUT2D eigenvalue weighted by molar-refractivity contribution is 0.226. The Kier molecular flexibility index (Phi) is 3.76. The lowest BCUT2D eigenvalue weighted by Crippen LogP contribution is -2.22. The molecule has 106 valence electrons. The van der Waals surface area contributed by atoms with Crippen molar-refractivity contribution < 1.29 is 4.42 Å². The average molecular weight is 292 g/mol. The molecule has 0 amide bonds. The molecule has 5 heteroatoms. The predicted octanol–water partition coefficient (Wildman–Crippen LogP) is 3.79. The van der Waals surface area contributed by atoms with Crippen LogP contribution < -0.4 is 0 Å². The topological polar surface area (TPSA) is 42.2 Å². The minimum atomic E-state index is 0.194. The third-order valence-electron chi connectivity index (χ3n) is 3.81. The summed E-state index contributed by atoms with van der Waals surface area (Å²) in [5.74, 6) is 1.97. The third-order valence-corrected chi connectivity index (χ3v) is 4.15. The maximum Gasteiger partial charge on any atom is 0.230 e. The monoisotopic (exact) mass is 291 g/mol. The van der Waals surface area contributed by atoms with Crippen LogP contribution in [0.2, 0.25) is 5.02 Å². The molecule has 0 spiro atoms. The minimum Gasteiger partial charge on any atom is -0.424 e. The van der Waals surface area contributed by atoms with E-state index in [0.29, 0.717) is 18.4 Å². The van der Waals surface area contributed by atoms with E-state index in [1.165, 1.54) is 12.8 Å². The molecule has 1 heterocycles. The number of halogens is 1. The second-order valence-corrected chi connectivity index (χ2v) is 5.83. The fourth-order valence-electron chi connectivity index (χ4n) is 2.23. The molecule has 20 heavy (non-hydrogen) atoms. The highest BCUT2D eigenvalue weighted by molar-refractivity contribution is 6.31. The zero-order chi connectivity index (χ0) is 14.1. The molecular weight excluding hydrogens is 274 g/mol. The van der Waals surface area contributed by atoms with E-state index in [-0.39, 0.29) is 6.04 Å². The lowest BCUT2D eigenvalue weighted by Gasteiger charge is -2.24. The molecule has 1 fully saturated rings. The van der Waals surface area contributed by atoms with E-state index in [9.17, 15) is 0 Å². The van der Waals surface area contributed by atoms with Crippen molar-refractivity contribution >= 4 is 11.6 Å². The van der Waals surface area contributed by atoms with Crippen molar-refractivity contribution in [3.05, 3.63) is 46.6 Å². The summed E-state index contributed by atoms with van der Waals surface area (Å²) in [5, 5.41) is 9.02. The van der Waals surface area contributed by atoms with Gasteiger partial charge >= 0.3 is 0 Å². The lowest BCUT2D eigenvalue weighted by atomic mass is 10.1. The zero-order valence-electron chi connectivity index (χ0n) is 11.7. The van der Waals surface area contributed by atoms with Crippen molar-refractivity contribution in [2.75, 3.05) is 7.05 Å². The van der Waals surface area contributed by atoms with Crippen LogP contribution in [-0.4, -0.2) is 22.1 Å². The first-order chi connectivity index (χ1) is 9.65. The standard InChI is InChI=1S/C15H18ClN3O/c1-10(12-5-3-4-6-13(12)16)19(2)9-14-17-18-15(20-14)11-7-8-11/h3-6,10-11H,7-9H2,1-2H3. The second-order valence-electron chi connectivity index (χ2n) is 5.42. The van der Waals surface area contributed by atoms with E-state index in [0.717, 1.165) is 16.5 Å². The Balaban J connectivity index is 1.68. The minimum absolute atomic E-state index is 0.194. The van der Waals surface area contributed by atoms with Crippen molar-refractivity contribution in [2.24, 2.45) is 0 Å². The van der Waals surface area contributed by atoms with Crippen LogP contribution in [0.1, 0.15) is 49.1 Å². The van der Waals surface area contributed by atoms with E-state index in [4.69, 9.17) is 16.0 Å². The number of hydrogen-bond donors (Lipinski definition) is 0. The van der Waals surface area contributed by atoms with Crippen LogP contribution in [0.4, 0.5) is 0 Å². The fourth-order valence-corrected chi connectivity index (χ4v) is 2.52. The van der Waals surface area contributed by atoms with E-state index >= 15 is 0 Å². The van der Waals surface area contributed by atoms with Crippen molar-refractivity contribution in [1.29, 1.82) is 0 Å². The molecule has 1 atom stereocenters. The normalized spacial score (nSPS) is 16.6. The van der Waals surface area contributed by atoms with Crippen molar-refractivity contribution in [2.45, 2.75) is 38.3 Å². The van der Waals surface area contributed by atoms with Gasteiger partial charge in [-0.1, -0.05) is 29.8 Å². The Bertz CT molecular complexity index is 594. The summed E-state index contributed by atoms with van der Waals surface area (Å²) in [6.45, 7) is 2.76. The molecule has 1 unspecified atom stereocenters. The van der Waals surface area contributed by atoms with Gasteiger partial charge in [-0.3, -0.25) is 4.90 Å². The highest BCUT2D eigenvalue weighted by Gasteiger charge is 2.29. The molecule has 0 aliphatic heterocycles. The number of hydrogen-bond acceptors (Lipinski definition) is 4. The molecule has 4 nitrogen and oxygen atoms in total. The highest BCUT2D eigenvalue weighted by Crippen LogP contribution is 2.39. The molecule has 0 saturated heterocycles. The Morgan fingerprint density at radius 2 is 2.10 bits per heavy atom. The number of aromatic nitrogens is 2. The van der Waals surface area contributed by atoms with Gasteiger partial charge in [-0.2, -0.15) is 0 Å². The summed E-state index contributed by atoms with van der Waals surface area (Å²) < 4.78 is 5.70. The number of rotatable bonds is 5. The quantitative estimate of drug-likeness (QED) is 0.840. The van der Waals surface area contributed by atoms with Gasteiger partial charge in [0.1, 0.15) is 0 Å². The van der Waals surface area contributed by atoms with Gasteiger partial charge in [0.25, 0.3) is 0 Å². The van der Waals surface area contributed by atoms with E-state index in [2.05, 4.69) is 22.0 Å². The number of benzene rings is 1. The summed E-state index contributed by atoms with van der Waals surface area (Å²) in [6.07, 6.45) is 2.35. The van der Waals surface area contributed by atoms with Crippen LogP contribution in [-0.2, 0) is 6.54 Å². The van der Waals surface area contributed by atoms with E-state index < -0.39 is 0 Å². The smallest absolute Gasteiger partial charge is 0.230 e. The molecule has 1 aromatic heterocycles. The molecule has 0 bridgehead atoms. The first-order valence-electron chi connectivity index (χ1n) is 6.92. The summed E-state index contributed by atoms with van der Waals surface area (Å²) in [4.78, 5) is 2.16. The van der Waals surface area contributed by atoms with Gasteiger partial charge in [0.05, 0.1) is 6.54 Å². The first-order valence-corrected chi connectivity index (χ1v) is 7.30. The largest absolute Gasteiger partial charge is 0.424 e. The fraction of sp³-hybridized carbons (Fsp3) is 0.467. The number of nitrogens with zero attached hydrogens (tertiary/aromatic N) is 3. The highest BCUT2D eigenvalue weighted by atomic mass is 35.5. The summed E-state index contributed by atoms with van der Waals surface area (Å²) >= 11 is 6.24. The van der Waals surface area contributed by atoms with Gasteiger partial charge in [0.15, 0.2) is 0 Å². The summed E-state index contributed by atoms with van der Waals surface area (Å²) in [7, 11) is 2.04. The van der Waals surface area contributed by atoms with Gasteiger partial charge in [-0.25, -0.2) is 0 Å². The van der Waals surface area contributed by atoms with E-state index in [1.807, 2.05) is 31.3 Å². The molecule has 1 saturated carbocycles. The molecule has 1 aliphatic carbocycles. The van der Waals surface area contributed by atoms with Gasteiger partial charge in [-0.15, -0.1) is 10.2 Å². The summed E-state index contributed by atoms with van der Waals surface area (Å²) in [6, 6.07) is 8.11. The summed E-state index contributed by atoms with van der Waals surface area (Å²) in [5.41, 5.74) is 1.11. The van der Waals surface area contributed by atoms with Crippen molar-refractivity contribution in [1.82, 2.24) is 15.1 Å². The van der Waals surface area contributed by atoms with Gasteiger partial charge in [0, 0.05) is 17.0 Å². The predicted molar refractivity (Wildman–Crippen MR) is 77.6 cm³/mol. The van der Waals surface area contributed by atoms with Crippen LogP contribution in [0.5, 0.6) is 0 Å². The molecule has 3 rings (SSSR count). The molecule has 0 radical (unpaired) electrons. The van der Waals surface area contributed by atoms with Crippen LogP contribution in [0.3, 0.4) is 0 Å². The van der Waals surface area contributed by atoms with Crippen molar-refractivity contribution in [3.63, 3.8) is 0 Å². The third kappa shape index (κ3) is 2.86. The van der Waals surface area contributed by atoms with Crippen LogP contribution in [0, 0.1) is 0 Å². The SMILES string of the molecule is CC(c1ccccc1Cl)N(C)Cc1nnc(C2CC2)o1. The van der Waals surface area contributed by atoms with Crippen LogP contribution in [0.15, 0.2) is 28.7 Å². The Hall–Kier alpha value is -1.39. The zero-order valence-corrected chi connectivity index (χ0v) is 12.5. The maximum atomic E-state index is 6.24. The average Bonchev–Trinajstić information content (AvgIpc) is 3.19. The molecule has 2 aromatic rings. The maximum absolute atomic E-state index is 6.24. The molecule has 1 aromatic carbocycles. The molecule has 0 N–H and O–H groups in total. The Morgan fingerprint density at radius 3 is 2.80 bits per heavy atom. The van der Waals surface area contributed by atoms with Crippen LogP contribution in [0.25, 0.3) is 0 Å². The second kappa shape index (κ2) is 5.54. The van der Waals surface area contributed by atoms with E-state index in [1.54, 1.807) is 0 Å². The Morgan fingerprint density at radius 1 is 1.35 bits per heavy atom. The van der Waals surface area contributed by atoms with Gasteiger partial charge in [-0.05, 0) is 38.4 Å². The Labute approximate surface area is 123 Å². The first kappa shape index (κ1) is 13.6. The van der Waals surface area contributed by atoms with Gasteiger partial charge in [0.2, 0.25) is 11.8 Å². The van der Waals surface area contributed by atoms with Crippen molar-refractivity contribution in [3.8, 4) is 0 Å². The van der Waals surface area contributed by atoms with Crippen LogP contribution >= 0.6 is 11.6 Å². The molecular formula is C15H18ClN3O. The van der Waals surface area contributed by atoms with Gasteiger partial charge < -0.3 is 4.42 Å².